The molecule has 0 aliphatic heterocycles. The minimum absolute atomic E-state index is 0.0805. The molecule has 0 unspecified atom stereocenters. The van der Waals surface area contributed by atoms with Crippen LogP contribution >= 0.6 is 23.2 Å². The van der Waals surface area contributed by atoms with E-state index in [2.05, 4.69) is 20.0 Å². The average molecular weight is 519 g/mol. The Hall–Kier alpha value is -2.89. The summed E-state index contributed by atoms with van der Waals surface area (Å²) in [5, 5.41) is 1.75. The number of amides is 1. The molecule has 3 rings (SSSR count). The molecule has 0 saturated carbocycles. The molecule has 0 saturated heterocycles. The van der Waals surface area contributed by atoms with Crippen LogP contribution in [0.4, 0.5) is 24.7 Å². The van der Waals surface area contributed by atoms with E-state index < -0.39 is 31.7 Å². The highest BCUT2D eigenvalue weighted by Gasteiger charge is 2.32. The number of pyridine rings is 2. The van der Waals surface area contributed by atoms with Gasteiger partial charge >= 0.3 is 6.18 Å². The fraction of sp³-hybridized carbons (Fsp3) is 0.150. The molecule has 0 atom stereocenters. The topological polar surface area (TPSA) is 101 Å². The standard InChI is InChI=1S/C20H15Cl2F3N4O3S/c1-10-14(12-5-6-26-17(7-12)28-11(2)30)9-27-19(22)18(10)29-33(31,32)16-4-3-13(8-15(16)21)20(23,24)25/h3-9,29H,1-2H3,(H,26,28,30). The van der Waals surface area contributed by atoms with Gasteiger partial charge in [0.15, 0.2) is 5.15 Å². The molecular formula is C20H15Cl2F3N4O3S. The van der Waals surface area contributed by atoms with Gasteiger partial charge in [-0.3, -0.25) is 9.52 Å². The molecule has 0 aliphatic rings. The van der Waals surface area contributed by atoms with E-state index in [1.54, 1.807) is 19.1 Å². The monoisotopic (exact) mass is 518 g/mol. The van der Waals surface area contributed by atoms with Crippen molar-refractivity contribution in [3.05, 3.63) is 64.0 Å². The number of aromatic nitrogens is 2. The number of nitrogens with one attached hydrogen (secondary N) is 2. The number of anilines is 2. The zero-order valence-electron chi connectivity index (χ0n) is 17.0. The van der Waals surface area contributed by atoms with E-state index in [9.17, 15) is 26.4 Å². The molecule has 3 aromatic rings. The number of alkyl halides is 3. The smallest absolute Gasteiger partial charge is 0.311 e. The van der Waals surface area contributed by atoms with Gasteiger partial charge in [0, 0.05) is 24.9 Å². The van der Waals surface area contributed by atoms with Gasteiger partial charge < -0.3 is 5.32 Å². The number of hydrogen-bond donors (Lipinski definition) is 2. The second-order valence-corrected chi connectivity index (χ2v) is 9.24. The van der Waals surface area contributed by atoms with Crippen LogP contribution in [0.2, 0.25) is 10.2 Å². The maximum atomic E-state index is 12.9. The van der Waals surface area contributed by atoms with E-state index in [0.29, 0.717) is 28.8 Å². The average Bonchev–Trinajstić information content (AvgIpc) is 2.70. The molecular weight excluding hydrogens is 504 g/mol. The number of halogens is 5. The fourth-order valence-corrected chi connectivity index (χ4v) is 4.88. The summed E-state index contributed by atoms with van der Waals surface area (Å²) in [6.07, 6.45) is -1.83. The van der Waals surface area contributed by atoms with Gasteiger partial charge in [0.05, 0.1) is 16.3 Å². The van der Waals surface area contributed by atoms with Crippen LogP contribution in [0.5, 0.6) is 0 Å². The number of carbonyl (C=O) groups is 1. The van der Waals surface area contributed by atoms with E-state index in [4.69, 9.17) is 23.2 Å². The van der Waals surface area contributed by atoms with Crippen LogP contribution < -0.4 is 10.0 Å². The van der Waals surface area contributed by atoms with Crippen LogP contribution in [0.3, 0.4) is 0 Å². The molecule has 1 aromatic carbocycles. The van der Waals surface area contributed by atoms with Crippen molar-refractivity contribution in [2.45, 2.75) is 24.9 Å². The summed E-state index contributed by atoms with van der Waals surface area (Å²) >= 11 is 12.0. The molecule has 1 amide bonds. The minimum atomic E-state index is -4.68. The third-order valence-electron chi connectivity index (χ3n) is 4.45. The maximum Gasteiger partial charge on any atom is 0.416 e. The first-order valence-electron chi connectivity index (χ1n) is 9.08. The Labute approximate surface area is 197 Å². The molecule has 13 heteroatoms. The summed E-state index contributed by atoms with van der Waals surface area (Å²) in [6.45, 7) is 2.90. The second kappa shape index (κ2) is 9.16. The minimum Gasteiger partial charge on any atom is -0.311 e. The highest BCUT2D eigenvalue weighted by molar-refractivity contribution is 7.92. The van der Waals surface area contributed by atoms with Gasteiger partial charge in [-0.05, 0) is 48.4 Å². The van der Waals surface area contributed by atoms with Crippen molar-refractivity contribution < 1.29 is 26.4 Å². The first kappa shape index (κ1) is 24.7. The van der Waals surface area contributed by atoms with Gasteiger partial charge in [-0.2, -0.15) is 13.2 Å². The maximum absolute atomic E-state index is 12.9. The summed E-state index contributed by atoms with van der Waals surface area (Å²) < 4.78 is 66.7. The van der Waals surface area contributed by atoms with Gasteiger partial charge in [-0.25, -0.2) is 18.4 Å². The number of benzene rings is 1. The van der Waals surface area contributed by atoms with Gasteiger partial charge in [0.1, 0.15) is 10.7 Å². The molecule has 0 spiro atoms. The Morgan fingerprint density at radius 2 is 1.79 bits per heavy atom. The predicted molar refractivity (Wildman–Crippen MR) is 119 cm³/mol. The zero-order valence-corrected chi connectivity index (χ0v) is 19.3. The molecule has 0 radical (unpaired) electrons. The summed E-state index contributed by atoms with van der Waals surface area (Å²) in [7, 11) is -4.42. The normalized spacial score (nSPS) is 11.8. The van der Waals surface area contributed by atoms with E-state index in [0.717, 1.165) is 6.07 Å². The van der Waals surface area contributed by atoms with Gasteiger partial charge in [-0.15, -0.1) is 0 Å². The van der Waals surface area contributed by atoms with Crippen LogP contribution in [0, 0.1) is 6.92 Å². The number of carbonyl (C=O) groups excluding carboxylic acids is 1. The molecule has 0 fully saturated rings. The van der Waals surface area contributed by atoms with Crippen molar-refractivity contribution in [2.75, 3.05) is 10.0 Å². The number of rotatable bonds is 5. The Kier molecular flexibility index (Phi) is 6.87. The van der Waals surface area contributed by atoms with E-state index in [-0.39, 0.29) is 22.6 Å². The summed E-state index contributed by atoms with van der Waals surface area (Å²) in [5.74, 6) is -0.0551. The molecule has 2 N–H and O–H groups in total. The number of hydrogen-bond acceptors (Lipinski definition) is 5. The van der Waals surface area contributed by atoms with Crippen LogP contribution in [-0.4, -0.2) is 24.3 Å². The Morgan fingerprint density at radius 3 is 2.39 bits per heavy atom. The molecule has 7 nitrogen and oxygen atoms in total. The number of sulfonamides is 1. The van der Waals surface area contributed by atoms with Crippen LogP contribution in [0.25, 0.3) is 11.1 Å². The Balaban J connectivity index is 2.02. The highest BCUT2D eigenvalue weighted by atomic mass is 35.5. The van der Waals surface area contributed by atoms with Gasteiger partial charge in [0.25, 0.3) is 10.0 Å². The third-order valence-corrected chi connectivity index (χ3v) is 6.57. The van der Waals surface area contributed by atoms with E-state index >= 15 is 0 Å². The van der Waals surface area contributed by atoms with Crippen molar-refractivity contribution in [3.8, 4) is 11.1 Å². The lowest BCUT2D eigenvalue weighted by atomic mass is 10.0. The van der Waals surface area contributed by atoms with Crippen LogP contribution in [0.15, 0.2) is 47.6 Å². The fourth-order valence-electron chi connectivity index (χ4n) is 2.91. The van der Waals surface area contributed by atoms with Gasteiger partial charge in [0.2, 0.25) is 5.91 Å². The highest BCUT2D eigenvalue weighted by Crippen LogP contribution is 2.37. The van der Waals surface area contributed by atoms with Crippen molar-refractivity contribution >= 4 is 50.6 Å². The predicted octanol–water partition coefficient (Wildman–Crippen LogP) is 5.54. The summed E-state index contributed by atoms with van der Waals surface area (Å²) in [5.41, 5.74) is 0.245. The largest absolute Gasteiger partial charge is 0.416 e. The first-order chi connectivity index (χ1) is 15.3. The quantitative estimate of drug-likeness (QED) is 0.432. The van der Waals surface area contributed by atoms with Crippen LogP contribution in [0.1, 0.15) is 18.1 Å². The summed E-state index contributed by atoms with van der Waals surface area (Å²) in [4.78, 5) is 18.8. The van der Waals surface area contributed by atoms with E-state index in [1.807, 2.05) is 0 Å². The lowest BCUT2D eigenvalue weighted by molar-refractivity contribution is -0.137. The first-order valence-corrected chi connectivity index (χ1v) is 11.3. The van der Waals surface area contributed by atoms with Crippen molar-refractivity contribution in [1.29, 1.82) is 0 Å². The second-order valence-electron chi connectivity index (χ2n) is 6.82. The van der Waals surface area contributed by atoms with Gasteiger partial charge in [-0.1, -0.05) is 23.2 Å². The molecule has 174 valence electrons. The SMILES string of the molecule is CC(=O)Nc1cc(-c2cnc(Cl)c(NS(=O)(=O)c3ccc(C(F)(F)F)cc3Cl)c2C)ccn1. The lowest BCUT2D eigenvalue weighted by Crippen LogP contribution is -2.16. The Morgan fingerprint density at radius 1 is 1.09 bits per heavy atom. The van der Waals surface area contributed by atoms with Crippen molar-refractivity contribution in [1.82, 2.24) is 9.97 Å². The third kappa shape index (κ3) is 5.55. The lowest BCUT2D eigenvalue weighted by Gasteiger charge is -2.16. The van der Waals surface area contributed by atoms with Crippen molar-refractivity contribution in [2.24, 2.45) is 0 Å². The van der Waals surface area contributed by atoms with Crippen LogP contribution in [-0.2, 0) is 21.0 Å². The molecule has 2 heterocycles. The number of nitrogens with zero attached hydrogens (tertiary/aromatic N) is 2. The molecule has 0 bridgehead atoms. The van der Waals surface area contributed by atoms with Crippen molar-refractivity contribution in [3.63, 3.8) is 0 Å². The summed E-state index contributed by atoms with van der Waals surface area (Å²) in [6, 6.07) is 5.08. The Bertz CT molecular complexity index is 1350. The molecule has 2 aromatic heterocycles. The zero-order chi connectivity index (χ0) is 24.6. The molecule has 0 aliphatic carbocycles. The van der Waals surface area contributed by atoms with E-state index in [1.165, 1.54) is 19.3 Å². The molecule has 33 heavy (non-hydrogen) atoms.